The van der Waals surface area contributed by atoms with Gasteiger partial charge in [0.25, 0.3) is 7.49 Å². The summed E-state index contributed by atoms with van der Waals surface area (Å²) in [6, 6.07) is 50.8. The molecule has 0 amide bonds. The van der Waals surface area contributed by atoms with Crippen molar-refractivity contribution in [1.82, 2.24) is 0 Å². The van der Waals surface area contributed by atoms with Crippen LogP contribution in [0.15, 0.2) is 155 Å². The topological polar surface area (TPSA) is 9.23 Å². The molecule has 0 spiro atoms. The van der Waals surface area contributed by atoms with Gasteiger partial charge in [-0.15, -0.1) is 0 Å². The maximum Gasteiger partial charge on any atom is 0.287 e. The fourth-order valence-corrected chi connectivity index (χ4v) is 8.13. The molecule has 5 rings (SSSR count). The lowest BCUT2D eigenvalue weighted by Crippen LogP contribution is -2.34. The largest absolute Gasteiger partial charge is 0.334 e. The molecule has 0 N–H and O–H groups in total. The van der Waals surface area contributed by atoms with E-state index in [2.05, 4.69) is 140 Å². The molecule has 0 aliphatic heterocycles. The van der Waals surface area contributed by atoms with Crippen molar-refractivity contribution < 1.29 is 4.52 Å². The Balaban J connectivity index is 1.58. The SMILES string of the molecule is c1ccc(Sc2ccc(O[P+](c3ccccc3)(c3ccccc3)c3ccccc3)cc2)cc1. The lowest BCUT2D eigenvalue weighted by molar-refractivity contribution is 0.619. The van der Waals surface area contributed by atoms with Crippen LogP contribution < -0.4 is 20.4 Å². The molecule has 0 saturated carbocycles. The van der Waals surface area contributed by atoms with Crippen LogP contribution in [0, 0.1) is 0 Å². The molecule has 0 aliphatic rings. The Morgan fingerprint density at radius 3 is 1.18 bits per heavy atom. The molecule has 33 heavy (non-hydrogen) atoms. The normalized spacial score (nSPS) is 11.2. The van der Waals surface area contributed by atoms with Gasteiger partial charge < -0.3 is 4.52 Å². The van der Waals surface area contributed by atoms with Crippen molar-refractivity contribution in [2.45, 2.75) is 9.79 Å². The lowest BCUT2D eigenvalue weighted by Gasteiger charge is -2.26. The van der Waals surface area contributed by atoms with E-state index in [0.29, 0.717) is 0 Å². The molecule has 5 aromatic carbocycles. The Labute approximate surface area is 200 Å². The summed E-state index contributed by atoms with van der Waals surface area (Å²) in [5.41, 5.74) is 0. The van der Waals surface area contributed by atoms with E-state index in [4.69, 9.17) is 4.52 Å². The quantitative estimate of drug-likeness (QED) is 0.238. The summed E-state index contributed by atoms with van der Waals surface area (Å²) in [6.45, 7) is 0. The minimum Gasteiger partial charge on any atom is -0.334 e. The van der Waals surface area contributed by atoms with Crippen LogP contribution in [0.5, 0.6) is 5.75 Å². The Morgan fingerprint density at radius 2 is 0.758 bits per heavy atom. The predicted molar refractivity (Wildman–Crippen MR) is 143 cm³/mol. The van der Waals surface area contributed by atoms with Crippen LogP contribution in [-0.2, 0) is 0 Å². The fourth-order valence-electron chi connectivity index (χ4n) is 3.87. The highest BCUT2D eigenvalue weighted by atomic mass is 32.2. The maximum atomic E-state index is 7.07. The highest BCUT2D eigenvalue weighted by molar-refractivity contribution is 7.99. The van der Waals surface area contributed by atoms with Crippen LogP contribution in [0.1, 0.15) is 0 Å². The van der Waals surface area contributed by atoms with Crippen LogP contribution in [0.3, 0.4) is 0 Å². The molecule has 1 nitrogen and oxygen atoms in total. The van der Waals surface area contributed by atoms with Crippen molar-refractivity contribution in [3.63, 3.8) is 0 Å². The number of benzene rings is 5. The molecule has 0 heterocycles. The molecule has 0 bridgehead atoms. The van der Waals surface area contributed by atoms with Gasteiger partial charge in [0.05, 0.1) is 0 Å². The summed E-state index contributed by atoms with van der Waals surface area (Å²) in [6.07, 6.45) is 0. The summed E-state index contributed by atoms with van der Waals surface area (Å²) < 4.78 is 7.07. The van der Waals surface area contributed by atoms with Gasteiger partial charge in [-0.25, -0.2) is 0 Å². The predicted octanol–water partition coefficient (Wildman–Crippen LogP) is 7.13. The molecular formula is C30H24OPS+. The summed E-state index contributed by atoms with van der Waals surface area (Å²) in [5, 5.41) is 3.60. The Bertz CT molecular complexity index is 1180. The average Bonchev–Trinajstić information content (AvgIpc) is 2.90. The third-order valence-corrected chi connectivity index (χ3v) is 9.98. The van der Waals surface area contributed by atoms with Gasteiger partial charge in [-0.05, 0) is 72.8 Å². The first-order valence-corrected chi connectivity index (χ1v) is 13.5. The van der Waals surface area contributed by atoms with Crippen molar-refractivity contribution in [3.8, 4) is 5.75 Å². The van der Waals surface area contributed by atoms with E-state index in [1.54, 1.807) is 11.8 Å². The molecule has 0 fully saturated rings. The summed E-state index contributed by atoms with van der Waals surface area (Å²) in [4.78, 5) is 2.42. The molecule has 0 aromatic heterocycles. The zero-order valence-corrected chi connectivity index (χ0v) is 19.8. The van der Waals surface area contributed by atoms with Gasteiger partial charge in [0.15, 0.2) is 5.75 Å². The van der Waals surface area contributed by atoms with Gasteiger partial charge in [-0.1, -0.05) is 84.6 Å². The van der Waals surface area contributed by atoms with Crippen LogP contribution >= 0.6 is 19.3 Å². The average molecular weight is 464 g/mol. The van der Waals surface area contributed by atoms with Gasteiger partial charge in [0, 0.05) is 9.79 Å². The van der Waals surface area contributed by atoms with E-state index >= 15 is 0 Å². The monoisotopic (exact) mass is 463 g/mol. The Kier molecular flexibility index (Phi) is 6.58. The minimum absolute atomic E-state index is 0.873. The number of hydrogen-bond acceptors (Lipinski definition) is 2. The van der Waals surface area contributed by atoms with Gasteiger partial charge in [0.2, 0.25) is 0 Å². The van der Waals surface area contributed by atoms with E-state index in [-0.39, 0.29) is 0 Å². The second kappa shape index (κ2) is 10.1. The summed E-state index contributed by atoms with van der Waals surface area (Å²) in [5.74, 6) is 0.873. The fraction of sp³-hybridized carbons (Fsp3) is 0. The Morgan fingerprint density at radius 1 is 0.394 bits per heavy atom. The van der Waals surface area contributed by atoms with Crippen LogP contribution in [0.2, 0.25) is 0 Å². The summed E-state index contributed by atoms with van der Waals surface area (Å²) >= 11 is 1.76. The van der Waals surface area contributed by atoms with E-state index in [0.717, 1.165) is 5.75 Å². The number of rotatable bonds is 7. The second-order valence-corrected chi connectivity index (χ2v) is 11.7. The summed E-state index contributed by atoms with van der Waals surface area (Å²) in [7, 11) is -2.36. The van der Waals surface area contributed by atoms with E-state index in [1.165, 1.54) is 25.7 Å². The molecule has 160 valence electrons. The van der Waals surface area contributed by atoms with Gasteiger partial charge in [-0.2, -0.15) is 0 Å². The van der Waals surface area contributed by atoms with Gasteiger partial charge in [0.1, 0.15) is 15.9 Å². The minimum atomic E-state index is -2.36. The van der Waals surface area contributed by atoms with Crippen molar-refractivity contribution in [2.75, 3.05) is 0 Å². The first-order chi connectivity index (χ1) is 16.3. The van der Waals surface area contributed by atoms with Gasteiger partial charge >= 0.3 is 0 Å². The van der Waals surface area contributed by atoms with E-state index < -0.39 is 7.49 Å². The molecule has 0 atom stereocenters. The highest BCUT2D eigenvalue weighted by Gasteiger charge is 2.49. The van der Waals surface area contributed by atoms with Crippen LogP contribution in [-0.4, -0.2) is 0 Å². The zero-order chi connectivity index (χ0) is 22.3. The lowest BCUT2D eigenvalue weighted by atomic mass is 10.3. The first-order valence-electron chi connectivity index (χ1n) is 10.9. The van der Waals surface area contributed by atoms with Crippen molar-refractivity contribution >= 4 is 35.2 Å². The van der Waals surface area contributed by atoms with Crippen LogP contribution in [0.25, 0.3) is 0 Å². The number of hydrogen-bond donors (Lipinski definition) is 0. The molecule has 3 heteroatoms. The van der Waals surface area contributed by atoms with Crippen LogP contribution in [0.4, 0.5) is 0 Å². The van der Waals surface area contributed by atoms with Gasteiger partial charge in [-0.3, -0.25) is 0 Å². The second-order valence-electron chi connectivity index (χ2n) is 7.59. The molecule has 0 unspecified atom stereocenters. The zero-order valence-electron chi connectivity index (χ0n) is 18.1. The molecule has 0 saturated heterocycles. The Hall–Kier alpha value is -3.32. The molecule has 0 radical (unpaired) electrons. The first kappa shape index (κ1) is 21.5. The highest BCUT2D eigenvalue weighted by Crippen LogP contribution is 2.56. The molecule has 5 aromatic rings. The maximum absolute atomic E-state index is 7.07. The van der Waals surface area contributed by atoms with E-state index in [9.17, 15) is 0 Å². The molecule has 0 aliphatic carbocycles. The third-order valence-electron chi connectivity index (χ3n) is 5.40. The molecular weight excluding hydrogens is 439 g/mol. The van der Waals surface area contributed by atoms with E-state index in [1.807, 2.05) is 6.07 Å². The smallest absolute Gasteiger partial charge is 0.287 e. The van der Waals surface area contributed by atoms with Crippen molar-refractivity contribution in [2.24, 2.45) is 0 Å². The van der Waals surface area contributed by atoms with Crippen molar-refractivity contribution in [1.29, 1.82) is 0 Å². The standard InChI is InChI=1S/C30H24OPS/c1-5-13-26(14-6-1)32(27-15-7-2-8-16-27,28-17-9-3-10-18-28)31-25-21-23-30(24-22-25)33-29-19-11-4-12-20-29/h1-24H/q+1. The third kappa shape index (κ3) is 4.73. The van der Waals surface area contributed by atoms with Crippen molar-refractivity contribution in [3.05, 3.63) is 146 Å².